The number of rotatable bonds is 8. The van der Waals surface area contributed by atoms with E-state index in [4.69, 9.17) is 0 Å². The standard InChI is InChI=1S/C16H21F4N/c1-3-4-5-6-7-8-15(21-2)13-11-12(17)9-10-14(13)16(18,19)20/h3,9-11,15,21H,1,4-8H2,2H3. The van der Waals surface area contributed by atoms with Crippen molar-refractivity contribution in [3.63, 3.8) is 0 Å². The van der Waals surface area contributed by atoms with Crippen molar-refractivity contribution in [2.75, 3.05) is 7.05 Å². The van der Waals surface area contributed by atoms with Crippen LogP contribution in [0, 0.1) is 5.82 Å². The fourth-order valence-electron chi connectivity index (χ4n) is 2.35. The van der Waals surface area contributed by atoms with Gasteiger partial charge in [-0.3, -0.25) is 0 Å². The molecule has 1 aromatic rings. The zero-order valence-corrected chi connectivity index (χ0v) is 12.1. The molecule has 0 amide bonds. The van der Waals surface area contributed by atoms with E-state index in [0.717, 1.165) is 43.9 Å². The molecule has 0 heterocycles. The van der Waals surface area contributed by atoms with Gasteiger partial charge in [-0.15, -0.1) is 6.58 Å². The molecular weight excluding hydrogens is 282 g/mol. The molecule has 0 aliphatic carbocycles. The molecule has 0 spiro atoms. The minimum atomic E-state index is -4.47. The summed E-state index contributed by atoms with van der Waals surface area (Å²) >= 11 is 0. The van der Waals surface area contributed by atoms with Crippen molar-refractivity contribution in [1.82, 2.24) is 5.32 Å². The molecule has 0 saturated carbocycles. The lowest BCUT2D eigenvalue weighted by atomic mass is 9.95. The van der Waals surface area contributed by atoms with Gasteiger partial charge >= 0.3 is 6.18 Å². The van der Waals surface area contributed by atoms with E-state index in [1.807, 2.05) is 6.08 Å². The minimum absolute atomic E-state index is 0.0197. The van der Waals surface area contributed by atoms with Crippen LogP contribution in [0.4, 0.5) is 17.6 Å². The van der Waals surface area contributed by atoms with Crippen LogP contribution in [0.5, 0.6) is 0 Å². The normalized spacial score (nSPS) is 13.2. The second kappa shape index (κ2) is 8.17. The molecule has 5 heteroatoms. The van der Waals surface area contributed by atoms with E-state index in [2.05, 4.69) is 11.9 Å². The maximum atomic E-state index is 13.3. The second-order valence-electron chi connectivity index (χ2n) is 5.00. The van der Waals surface area contributed by atoms with E-state index in [9.17, 15) is 17.6 Å². The quantitative estimate of drug-likeness (QED) is 0.393. The van der Waals surface area contributed by atoms with Gasteiger partial charge in [0.2, 0.25) is 0 Å². The summed E-state index contributed by atoms with van der Waals surface area (Å²) in [5.41, 5.74) is -0.789. The summed E-state index contributed by atoms with van der Waals surface area (Å²) < 4.78 is 52.3. The number of hydrogen-bond donors (Lipinski definition) is 1. The summed E-state index contributed by atoms with van der Waals surface area (Å²) in [4.78, 5) is 0. The van der Waals surface area contributed by atoms with Gasteiger partial charge in [0, 0.05) is 6.04 Å². The van der Waals surface area contributed by atoms with Crippen molar-refractivity contribution in [3.05, 3.63) is 47.8 Å². The maximum Gasteiger partial charge on any atom is 0.416 e. The Kier molecular flexibility index (Phi) is 6.89. The molecular formula is C16H21F4N. The molecule has 1 atom stereocenters. The smallest absolute Gasteiger partial charge is 0.313 e. The lowest BCUT2D eigenvalue weighted by Crippen LogP contribution is -2.21. The van der Waals surface area contributed by atoms with Gasteiger partial charge in [0.05, 0.1) is 5.56 Å². The Hall–Kier alpha value is -1.36. The first-order chi connectivity index (χ1) is 9.90. The van der Waals surface area contributed by atoms with Gasteiger partial charge in [-0.05, 0) is 50.1 Å². The van der Waals surface area contributed by atoms with Gasteiger partial charge in [0.1, 0.15) is 5.82 Å². The Morgan fingerprint density at radius 3 is 2.52 bits per heavy atom. The highest BCUT2D eigenvalue weighted by atomic mass is 19.4. The third-order valence-corrected chi connectivity index (χ3v) is 3.44. The van der Waals surface area contributed by atoms with Gasteiger partial charge in [0.25, 0.3) is 0 Å². The van der Waals surface area contributed by atoms with Crippen LogP contribution in [0.25, 0.3) is 0 Å². The SMILES string of the molecule is C=CCCCCCC(NC)c1cc(F)ccc1C(F)(F)F. The van der Waals surface area contributed by atoms with Gasteiger partial charge in [0.15, 0.2) is 0 Å². The van der Waals surface area contributed by atoms with Crippen LogP contribution in [0.15, 0.2) is 30.9 Å². The number of allylic oxidation sites excluding steroid dienone is 1. The van der Waals surface area contributed by atoms with E-state index < -0.39 is 23.6 Å². The van der Waals surface area contributed by atoms with Crippen molar-refractivity contribution in [2.24, 2.45) is 0 Å². The number of halogens is 4. The maximum absolute atomic E-state index is 13.3. The predicted molar refractivity (Wildman–Crippen MR) is 76.5 cm³/mol. The van der Waals surface area contributed by atoms with Gasteiger partial charge in [-0.25, -0.2) is 4.39 Å². The van der Waals surface area contributed by atoms with Crippen LogP contribution in [-0.4, -0.2) is 7.05 Å². The topological polar surface area (TPSA) is 12.0 Å². The lowest BCUT2D eigenvalue weighted by molar-refractivity contribution is -0.138. The van der Waals surface area contributed by atoms with E-state index in [0.29, 0.717) is 6.42 Å². The molecule has 0 bridgehead atoms. The molecule has 1 N–H and O–H groups in total. The second-order valence-corrected chi connectivity index (χ2v) is 5.00. The third kappa shape index (κ3) is 5.50. The van der Waals surface area contributed by atoms with E-state index in [1.165, 1.54) is 0 Å². The molecule has 118 valence electrons. The van der Waals surface area contributed by atoms with Crippen LogP contribution in [0.1, 0.15) is 49.3 Å². The lowest BCUT2D eigenvalue weighted by Gasteiger charge is -2.21. The zero-order valence-electron chi connectivity index (χ0n) is 12.1. The number of unbranched alkanes of at least 4 members (excludes halogenated alkanes) is 3. The molecule has 1 aromatic carbocycles. The number of alkyl halides is 3. The van der Waals surface area contributed by atoms with Gasteiger partial charge in [-0.1, -0.05) is 18.9 Å². The highest BCUT2D eigenvalue weighted by Crippen LogP contribution is 2.36. The van der Waals surface area contributed by atoms with Crippen molar-refractivity contribution in [1.29, 1.82) is 0 Å². The van der Waals surface area contributed by atoms with Crippen molar-refractivity contribution >= 4 is 0 Å². The van der Waals surface area contributed by atoms with Crippen molar-refractivity contribution in [3.8, 4) is 0 Å². The van der Waals surface area contributed by atoms with Gasteiger partial charge < -0.3 is 5.32 Å². The Labute approximate surface area is 123 Å². The average molecular weight is 303 g/mol. The first kappa shape index (κ1) is 17.7. The summed E-state index contributed by atoms with van der Waals surface area (Å²) in [6, 6.07) is 2.14. The van der Waals surface area contributed by atoms with Crippen LogP contribution in [-0.2, 0) is 6.18 Å². The Morgan fingerprint density at radius 1 is 1.24 bits per heavy atom. The average Bonchev–Trinajstić information content (AvgIpc) is 2.41. The highest BCUT2D eigenvalue weighted by molar-refractivity contribution is 5.33. The van der Waals surface area contributed by atoms with Crippen LogP contribution in [0.3, 0.4) is 0 Å². The van der Waals surface area contributed by atoms with Crippen LogP contribution >= 0.6 is 0 Å². The summed E-state index contributed by atoms with van der Waals surface area (Å²) in [6.07, 6.45) is 1.46. The fraction of sp³-hybridized carbons (Fsp3) is 0.500. The summed E-state index contributed by atoms with van der Waals surface area (Å²) in [6.45, 7) is 3.63. The van der Waals surface area contributed by atoms with Crippen molar-refractivity contribution < 1.29 is 17.6 Å². The molecule has 0 saturated heterocycles. The molecule has 0 fully saturated rings. The predicted octanol–water partition coefficient (Wildman–Crippen LogP) is 5.24. The molecule has 1 nitrogen and oxygen atoms in total. The van der Waals surface area contributed by atoms with E-state index in [-0.39, 0.29) is 5.56 Å². The van der Waals surface area contributed by atoms with E-state index in [1.54, 1.807) is 7.05 Å². The van der Waals surface area contributed by atoms with Crippen LogP contribution < -0.4 is 5.32 Å². The highest BCUT2D eigenvalue weighted by Gasteiger charge is 2.35. The first-order valence-corrected chi connectivity index (χ1v) is 7.05. The molecule has 1 rings (SSSR count). The molecule has 0 aromatic heterocycles. The largest absolute Gasteiger partial charge is 0.416 e. The number of hydrogen-bond acceptors (Lipinski definition) is 1. The Balaban J connectivity index is 2.84. The van der Waals surface area contributed by atoms with Crippen LogP contribution in [0.2, 0.25) is 0 Å². The first-order valence-electron chi connectivity index (χ1n) is 7.05. The third-order valence-electron chi connectivity index (χ3n) is 3.44. The zero-order chi connectivity index (χ0) is 15.9. The molecule has 1 unspecified atom stereocenters. The number of nitrogens with one attached hydrogen (secondary N) is 1. The van der Waals surface area contributed by atoms with Gasteiger partial charge in [-0.2, -0.15) is 13.2 Å². The van der Waals surface area contributed by atoms with Crippen molar-refractivity contribution in [2.45, 2.75) is 44.3 Å². The molecule has 0 aliphatic rings. The molecule has 21 heavy (non-hydrogen) atoms. The molecule has 0 radical (unpaired) electrons. The molecule has 0 aliphatic heterocycles. The summed E-state index contributed by atoms with van der Waals surface area (Å²) in [5.74, 6) is -0.648. The summed E-state index contributed by atoms with van der Waals surface area (Å²) in [5, 5.41) is 2.86. The minimum Gasteiger partial charge on any atom is -0.313 e. The van der Waals surface area contributed by atoms with E-state index >= 15 is 0 Å². The fourth-order valence-corrected chi connectivity index (χ4v) is 2.35. The monoisotopic (exact) mass is 303 g/mol. The number of benzene rings is 1. The summed E-state index contributed by atoms with van der Waals surface area (Å²) in [7, 11) is 1.60. The Bertz CT molecular complexity index is 454. The Morgan fingerprint density at radius 2 is 1.95 bits per heavy atom.